The van der Waals surface area contributed by atoms with E-state index in [9.17, 15) is 29.3 Å². The van der Waals surface area contributed by atoms with Gasteiger partial charge in [-0.05, 0) is 31.7 Å². The topological polar surface area (TPSA) is 132 Å². The first kappa shape index (κ1) is 24.3. The van der Waals surface area contributed by atoms with Crippen LogP contribution < -0.4 is 10.9 Å². The maximum atomic E-state index is 13.6. The number of pyridine rings is 1. The van der Waals surface area contributed by atoms with Crippen LogP contribution in [0.15, 0.2) is 53.5 Å². The number of Topliss-reactive ketones (excluding diaryl/α,β-unsaturated/α-hetero) is 1. The van der Waals surface area contributed by atoms with Crippen molar-refractivity contribution in [1.82, 2.24) is 14.8 Å². The molecule has 4 rings (SSSR count). The number of piperidine rings is 1. The fourth-order valence-electron chi connectivity index (χ4n) is 4.87. The van der Waals surface area contributed by atoms with Crippen LogP contribution in [-0.2, 0) is 9.59 Å². The number of aromatic nitrogens is 1. The number of nitrogens with zero attached hydrogens (tertiary/aromatic N) is 3. The Morgan fingerprint density at radius 2 is 1.71 bits per heavy atom. The molecule has 184 valence electrons. The van der Waals surface area contributed by atoms with Crippen LogP contribution in [0, 0.1) is 16.0 Å². The molecule has 1 aromatic heterocycles. The van der Waals surface area contributed by atoms with E-state index < -0.39 is 28.2 Å². The number of ketones is 1. The summed E-state index contributed by atoms with van der Waals surface area (Å²) in [5, 5.41) is 14.3. The molecule has 1 atom stereocenters. The number of carbonyl (C=O) groups excluding carboxylic acids is 3. The number of hydrogen-bond donors (Lipinski definition) is 1. The minimum atomic E-state index is -1.49. The van der Waals surface area contributed by atoms with E-state index in [0.717, 1.165) is 36.3 Å². The van der Waals surface area contributed by atoms with Crippen LogP contribution >= 0.6 is 0 Å². The number of nitro groups is 1. The van der Waals surface area contributed by atoms with Gasteiger partial charge in [0.25, 0.3) is 17.2 Å². The second-order valence-corrected chi connectivity index (χ2v) is 9.11. The van der Waals surface area contributed by atoms with Gasteiger partial charge in [0.2, 0.25) is 5.91 Å². The summed E-state index contributed by atoms with van der Waals surface area (Å²) in [5.41, 5.74) is -0.842. The number of nitro benzene ring substituents is 1. The van der Waals surface area contributed by atoms with Crippen LogP contribution in [0.1, 0.15) is 54.9 Å². The van der Waals surface area contributed by atoms with Crippen LogP contribution in [0.4, 0.5) is 5.69 Å². The van der Waals surface area contributed by atoms with Gasteiger partial charge in [0.05, 0.1) is 4.92 Å². The summed E-state index contributed by atoms with van der Waals surface area (Å²) in [7, 11) is 0. The van der Waals surface area contributed by atoms with E-state index in [0.29, 0.717) is 12.8 Å². The maximum absolute atomic E-state index is 13.6. The highest BCUT2D eigenvalue weighted by Gasteiger charge is 2.37. The Hall–Kier alpha value is -3.82. The van der Waals surface area contributed by atoms with Crippen LogP contribution in [0.25, 0.3) is 0 Å². The van der Waals surface area contributed by atoms with Crippen LogP contribution in [0.2, 0.25) is 0 Å². The minimum Gasteiger partial charge on any atom is -0.353 e. The highest BCUT2D eigenvalue weighted by molar-refractivity contribution is 6.12. The Morgan fingerprint density at radius 3 is 2.37 bits per heavy atom. The van der Waals surface area contributed by atoms with E-state index in [1.165, 1.54) is 41.4 Å². The monoisotopic (exact) mass is 480 g/mol. The molecule has 1 unspecified atom stereocenters. The smallest absolute Gasteiger partial charge is 0.270 e. The largest absolute Gasteiger partial charge is 0.353 e. The molecule has 35 heavy (non-hydrogen) atoms. The van der Waals surface area contributed by atoms with Gasteiger partial charge >= 0.3 is 0 Å². The number of benzene rings is 1. The number of hydrogen-bond acceptors (Lipinski definition) is 6. The zero-order valence-corrected chi connectivity index (χ0v) is 19.3. The molecule has 0 spiro atoms. The van der Waals surface area contributed by atoms with Gasteiger partial charge < -0.3 is 10.2 Å². The molecule has 1 saturated carbocycles. The molecular formula is C25H28N4O6. The molecular weight excluding hydrogens is 452 g/mol. The van der Waals surface area contributed by atoms with Crippen LogP contribution in [-0.4, -0.2) is 51.1 Å². The summed E-state index contributed by atoms with van der Waals surface area (Å²) in [6.45, 7) is 0.559. The number of rotatable bonds is 7. The molecule has 1 aliphatic heterocycles. The third-order valence-electron chi connectivity index (χ3n) is 6.83. The van der Waals surface area contributed by atoms with Crippen LogP contribution in [0.3, 0.4) is 0 Å². The molecule has 1 N–H and O–H groups in total. The summed E-state index contributed by atoms with van der Waals surface area (Å²) in [6.07, 6.45) is 6.53. The predicted octanol–water partition coefficient (Wildman–Crippen LogP) is 2.48. The van der Waals surface area contributed by atoms with E-state index in [-0.39, 0.29) is 42.2 Å². The first-order valence-corrected chi connectivity index (χ1v) is 11.9. The van der Waals surface area contributed by atoms with Crippen molar-refractivity contribution < 1.29 is 19.3 Å². The minimum absolute atomic E-state index is 0.00694. The van der Waals surface area contributed by atoms with Crippen molar-refractivity contribution in [2.75, 3.05) is 13.1 Å². The lowest BCUT2D eigenvalue weighted by Crippen LogP contribution is -2.49. The maximum Gasteiger partial charge on any atom is 0.270 e. The molecule has 0 radical (unpaired) electrons. The van der Waals surface area contributed by atoms with Crippen LogP contribution in [0.5, 0.6) is 0 Å². The fraction of sp³-hybridized carbons (Fsp3) is 0.440. The SMILES string of the molecule is O=C(NC1CCCC1)C1CCN(C(=O)C(C(=O)c2cccc([N+](=O)[O-])c2)n2ccccc2=O)CC1. The van der Waals surface area contributed by atoms with Gasteiger partial charge in [-0.15, -0.1) is 0 Å². The van der Waals surface area contributed by atoms with E-state index in [1.807, 2.05) is 0 Å². The lowest BCUT2D eigenvalue weighted by Gasteiger charge is -2.34. The molecule has 2 fully saturated rings. The predicted molar refractivity (Wildman–Crippen MR) is 127 cm³/mol. The Balaban J connectivity index is 1.53. The number of non-ortho nitro benzene ring substituents is 1. The zero-order valence-electron chi connectivity index (χ0n) is 19.3. The molecule has 10 nitrogen and oxygen atoms in total. The molecule has 2 heterocycles. The standard InChI is InChI=1S/C25H28N4O6/c30-21-10-3-4-13-28(21)22(23(31)18-6-5-9-20(16-18)29(34)35)25(33)27-14-11-17(12-15-27)24(32)26-19-7-1-2-8-19/h3-6,9-10,13,16-17,19,22H,1-2,7-8,11-12,14-15H2,(H,26,32). The van der Waals surface area contributed by atoms with Crippen molar-refractivity contribution in [1.29, 1.82) is 0 Å². The van der Waals surface area contributed by atoms with Gasteiger partial charge in [0.15, 0.2) is 11.8 Å². The summed E-state index contributed by atoms with van der Waals surface area (Å²) >= 11 is 0. The Bertz CT molecular complexity index is 1180. The van der Waals surface area contributed by atoms with Crippen molar-refractivity contribution in [3.63, 3.8) is 0 Å². The van der Waals surface area contributed by atoms with Crippen molar-refractivity contribution in [3.8, 4) is 0 Å². The normalized spacial score (nSPS) is 17.7. The average Bonchev–Trinajstić information content (AvgIpc) is 3.38. The zero-order chi connectivity index (χ0) is 24.9. The molecule has 1 saturated heterocycles. The molecule has 2 amide bonds. The van der Waals surface area contributed by atoms with Gasteiger partial charge in [-0.1, -0.05) is 31.0 Å². The Labute approximate surface area is 202 Å². The average molecular weight is 481 g/mol. The first-order valence-electron chi connectivity index (χ1n) is 11.9. The van der Waals surface area contributed by atoms with E-state index in [4.69, 9.17) is 0 Å². The third-order valence-corrected chi connectivity index (χ3v) is 6.83. The Morgan fingerprint density at radius 1 is 1.00 bits per heavy atom. The van der Waals surface area contributed by atoms with Crippen molar-refractivity contribution in [3.05, 3.63) is 74.7 Å². The van der Waals surface area contributed by atoms with E-state index in [1.54, 1.807) is 6.07 Å². The van der Waals surface area contributed by atoms with E-state index in [2.05, 4.69) is 5.32 Å². The van der Waals surface area contributed by atoms with Gasteiger partial charge in [-0.25, -0.2) is 0 Å². The highest BCUT2D eigenvalue weighted by atomic mass is 16.6. The summed E-state index contributed by atoms with van der Waals surface area (Å²) in [6, 6.07) is 8.16. The van der Waals surface area contributed by atoms with Gasteiger partial charge in [0, 0.05) is 55.0 Å². The number of carbonyl (C=O) groups is 3. The summed E-state index contributed by atoms with van der Waals surface area (Å²) in [4.78, 5) is 64.2. The number of likely N-dealkylation sites (tertiary alicyclic amines) is 1. The number of nitrogens with one attached hydrogen (secondary N) is 1. The quantitative estimate of drug-likeness (QED) is 0.280. The second kappa shape index (κ2) is 10.6. The summed E-state index contributed by atoms with van der Waals surface area (Å²) < 4.78 is 1.06. The lowest BCUT2D eigenvalue weighted by atomic mass is 9.94. The van der Waals surface area contributed by atoms with Crippen molar-refractivity contribution in [2.45, 2.75) is 50.6 Å². The summed E-state index contributed by atoms with van der Waals surface area (Å²) in [5.74, 6) is -1.46. The molecule has 2 aliphatic rings. The fourth-order valence-corrected chi connectivity index (χ4v) is 4.87. The molecule has 1 aliphatic carbocycles. The first-order chi connectivity index (χ1) is 16.8. The van der Waals surface area contributed by atoms with Gasteiger partial charge in [-0.3, -0.25) is 33.9 Å². The van der Waals surface area contributed by atoms with Crippen molar-refractivity contribution >= 4 is 23.3 Å². The van der Waals surface area contributed by atoms with E-state index >= 15 is 0 Å². The van der Waals surface area contributed by atoms with Gasteiger partial charge in [-0.2, -0.15) is 0 Å². The van der Waals surface area contributed by atoms with Gasteiger partial charge in [0.1, 0.15) is 0 Å². The molecule has 0 bridgehead atoms. The highest BCUT2D eigenvalue weighted by Crippen LogP contribution is 2.25. The molecule has 10 heteroatoms. The van der Waals surface area contributed by atoms with Crippen molar-refractivity contribution in [2.24, 2.45) is 5.92 Å². The third kappa shape index (κ3) is 5.47. The second-order valence-electron chi connectivity index (χ2n) is 9.11. The molecule has 1 aromatic carbocycles. The Kier molecular flexibility index (Phi) is 7.38. The number of amides is 2. The molecule has 2 aromatic rings. The lowest BCUT2D eigenvalue weighted by molar-refractivity contribution is -0.384.